The van der Waals surface area contributed by atoms with Gasteiger partial charge in [-0.05, 0) is 54.8 Å². The highest BCUT2D eigenvalue weighted by Crippen LogP contribution is 2.21. The molecule has 3 rings (SSSR count). The van der Waals surface area contributed by atoms with E-state index in [4.69, 9.17) is 0 Å². The molecule has 6 heteroatoms. The van der Waals surface area contributed by atoms with Crippen LogP contribution in [0.4, 0.5) is 5.69 Å². The predicted molar refractivity (Wildman–Crippen MR) is 111 cm³/mol. The first-order valence-corrected chi connectivity index (χ1v) is 10.4. The number of nitrogens with one attached hydrogen (secondary N) is 2. The van der Waals surface area contributed by atoms with E-state index in [0.717, 1.165) is 12.0 Å². The zero-order valence-corrected chi connectivity index (χ0v) is 16.4. The zero-order chi connectivity index (χ0) is 20.0. The van der Waals surface area contributed by atoms with Gasteiger partial charge in [0.2, 0.25) is 0 Å². The molecular weight excluding hydrogens is 372 g/mol. The third-order valence-corrected chi connectivity index (χ3v) is 5.71. The van der Waals surface area contributed by atoms with Gasteiger partial charge < -0.3 is 5.32 Å². The molecule has 0 radical (unpaired) electrons. The van der Waals surface area contributed by atoms with Crippen LogP contribution in [0.15, 0.2) is 83.8 Å². The fraction of sp³-hybridized carbons (Fsp3) is 0.136. The van der Waals surface area contributed by atoms with Crippen molar-refractivity contribution in [2.24, 2.45) is 0 Å². The Hall–Kier alpha value is -3.12. The Kier molecular flexibility index (Phi) is 6.11. The lowest BCUT2D eigenvalue weighted by Crippen LogP contribution is -2.25. The monoisotopic (exact) mass is 394 g/mol. The topological polar surface area (TPSA) is 75.3 Å². The summed E-state index contributed by atoms with van der Waals surface area (Å²) in [6, 6.07) is 23.0. The summed E-state index contributed by atoms with van der Waals surface area (Å²) in [5.41, 5.74) is 2.78. The van der Waals surface area contributed by atoms with Crippen LogP contribution in [0.25, 0.3) is 0 Å². The molecule has 0 atom stereocenters. The first kappa shape index (κ1) is 19.6. The number of amides is 1. The molecule has 0 aliphatic heterocycles. The van der Waals surface area contributed by atoms with Crippen molar-refractivity contribution >= 4 is 21.6 Å². The molecule has 0 aromatic heterocycles. The maximum absolute atomic E-state index is 12.5. The molecule has 3 aromatic rings. The standard InChI is InChI=1S/C22H22N2O3S/c1-17-16-19(22(25)23-15-14-18-8-4-2-5-9-18)12-13-21(17)24-28(26,27)20-10-6-3-7-11-20/h2-13,16,24H,14-15H2,1H3,(H,23,25). The van der Waals surface area contributed by atoms with Gasteiger partial charge in [0.25, 0.3) is 15.9 Å². The molecule has 0 fully saturated rings. The van der Waals surface area contributed by atoms with Gasteiger partial charge >= 0.3 is 0 Å². The second-order valence-electron chi connectivity index (χ2n) is 6.44. The molecular formula is C22H22N2O3S. The quantitative estimate of drug-likeness (QED) is 0.641. The smallest absolute Gasteiger partial charge is 0.261 e. The van der Waals surface area contributed by atoms with Crippen molar-refractivity contribution in [1.82, 2.24) is 5.32 Å². The lowest BCUT2D eigenvalue weighted by atomic mass is 10.1. The number of carbonyl (C=O) groups is 1. The van der Waals surface area contributed by atoms with Crippen molar-refractivity contribution in [2.45, 2.75) is 18.2 Å². The average molecular weight is 394 g/mol. The molecule has 0 unspecified atom stereocenters. The van der Waals surface area contributed by atoms with Gasteiger partial charge in [-0.3, -0.25) is 9.52 Å². The van der Waals surface area contributed by atoms with Gasteiger partial charge in [-0.1, -0.05) is 48.5 Å². The van der Waals surface area contributed by atoms with Gasteiger partial charge in [-0.2, -0.15) is 0 Å². The number of carbonyl (C=O) groups excluding carboxylic acids is 1. The summed E-state index contributed by atoms with van der Waals surface area (Å²) < 4.78 is 27.5. The normalized spacial score (nSPS) is 11.0. The maximum atomic E-state index is 12.5. The number of aryl methyl sites for hydroxylation is 1. The van der Waals surface area contributed by atoms with Crippen LogP contribution in [0.5, 0.6) is 0 Å². The van der Waals surface area contributed by atoms with Crippen molar-refractivity contribution in [3.05, 3.63) is 95.6 Å². The van der Waals surface area contributed by atoms with Crippen LogP contribution >= 0.6 is 0 Å². The summed E-state index contributed by atoms with van der Waals surface area (Å²) in [4.78, 5) is 12.5. The van der Waals surface area contributed by atoms with Crippen molar-refractivity contribution < 1.29 is 13.2 Å². The van der Waals surface area contributed by atoms with Crippen LogP contribution in [-0.2, 0) is 16.4 Å². The van der Waals surface area contributed by atoms with Crippen LogP contribution < -0.4 is 10.0 Å². The van der Waals surface area contributed by atoms with Crippen LogP contribution in [-0.4, -0.2) is 20.9 Å². The molecule has 0 heterocycles. The Morgan fingerprint density at radius 3 is 2.18 bits per heavy atom. The third kappa shape index (κ3) is 4.98. The Labute approximate surface area is 165 Å². The van der Waals surface area contributed by atoms with Gasteiger partial charge in [-0.15, -0.1) is 0 Å². The molecule has 3 aromatic carbocycles. The Morgan fingerprint density at radius 1 is 0.893 bits per heavy atom. The fourth-order valence-corrected chi connectivity index (χ4v) is 3.94. The second-order valence-corrected chi connectivity index (χ2v) is 8.12. The van der Waals surface area contributed by atoms with E-state index in [2.05, 4.69) is 10.0 Å². The molecule has 0 aliphatic rings. The van der Waals surface area contributed by atoms with Gasteiger partial charge in [0.1, 0.15) is 0 Å². The molecule has 28 heavy (non-hydrogen) atoms. The first-order valence-electron chi connectivity index (χ1n) is 8.96. The summed E-state index contributed by atoms with van der Waals surface area (Å²) >= 11 is 0. The van der Waals surface area contributed by atoms with Crippen LogP contribution in [0, 0.1) is 6.92 Å². The van der Waals surface area contributed by atoms with E-state index < -0.39 is 10.0 Å². The number of anilines is 1. The second kappa shape index (κ2) is 8.71. The number of sulfonamides is 1. The Bertz CT molecular complexity index is 1050. The minimum Gasteiger partial charge on any atom is -0.352 e. The van der Waals surface area contributed by atoms with Crippen molar-refractivity contribution in [1.29, 1.82) is 0 Å². The van der Waals surface area contributed by atoms with E-state index >= 15 is 0 Å². The molecule has 144 valence electrons. The highest BCUT2D eigenvalue weighted by atomic mass is 32.2. The highest BCUT2D eigenvalue weighted by Gasteiger charge is 2.15. The van der Waals surface area contributed by atoms with E-state index in [1.165, 1.54) is 12.1 Å². The summed E-state index contributed by atoms with van der Waals surface area (Å²) in [7, 11) is -3.66. The summed E-state index contributed by atoms with van der Waals surface area (Å²) in [5, 5.41) is 2.89. The van der Waals surface area contributed by atoms with Gasteiger partial charge in [0.15, 0.2) is 0 Å². The van der Waals surface area contributed by atoms with E-state index in [9.17, 15) is 13.2 Å². The van der Waals surface area contributed by atoms with E-state index in [1.807, 2.05) is 30.3 Å². The van der Waals surface area contributed by atoms with Crippen molar-refractivity contribution in [2.75, 3.05) is 11.3 Å². The van der Waals surface area contributed by atoms with Gasteiger partial charge in [0, 0.05) is 12.1 Å². The lowest BCUT2D eigenvalue weighted by molar-refractivity contribution is 0.0954. The molecule has 0 bridgehead atoms. The minimum atomic E-state index is -3.66. The molecule has 0 saturated carbocycles. The van der Waals surface area contributed by atoms with Crippen molar-refractivity contribution in [3.8, 4) is 0 Å². The molecule has 5 nitrogen and oxygen atoms in total. The first-order chi connectivity index (χ1) is 13.5. The number of benzene rings is 3. The summed E-state index contributed by atoms with van der Waals surface area (Å²) in [6.45, 7) is 2.30. The highest BCUT2D eigenvalue weighted by molar-refractivity contribution is 7.92. The Balaban J connectivity index is 1.64. The average Bonchev–Trinajstić information content (AvgIpc) is 2.71. The van der Waals surface area contributed by atoms with Gasteiger partial charge in [0.05, 0.1) is 10.6 Å². The number of hydrogen-bond donors (Lipinski definition) is 2. The Morgan fingerprint density at radius 2 is 1.54 bits per heavy atom. The van der Waals surface area contributed by atoms with E-state index in [-0.39, 0.29) is 10.8 Å². The SMILES string of the molecule is Cc1cc(C(=O)NCCc2ccccc2)ccc1NS(=O)(=O)c1ccccc1. The minimum absolute atomic E-state index is 0.184. The zero-order valence-electron chi connectivity index (χ0n) is 15.6. The molecule has 0 spiro atoms. The van der Waals surface area contributed by atoms with E-state index in [0.29, 0.717) is 23.4 Å². The fourth-order valence-electron chi connectivity index (χ4n) is 2.79. The molecule has 2 N–H and O–H groups in total. The lowest BCUT2D eigenvalue weighted by Gasteiger charge is -2.12. The van der Waals surface area contributed by atoms with Crippen molar-refractivity contribution in [3.63, 3.8) is 0 Å². The molecule has 0 aliphatic carbocycles. The van der Waals surface area contributed by atoms with Crippen LogP contribution in [0.3, 0.4) is 0 Å². The number of hydrogen-bond acceptors (Lipinski definition) is 3. The maximum Gasteiger partial charge on any atom is 0.261 e. The predicted octanol–water partition coefficient (Wildman–Crippen LogP) is 3.77. The van der Waals surface area contributed by atoms with E-state index in [1.54, 1.807) is 43.3 Å². The van der Waals surface area contributed by atoms with Crippen LogP contribution in [0.2, 0.25) is 0 Å². The van der Waals surface area contributed by atoms with Crippen LogP contribution in [0.1, 0.15) is 21.5 Å². The number of rotatable bonds is 7. The largest absolute Gasteiger partial charge is 0.352 e. The summed E-state index contributed by atoms with van der Waals surface area (Å²) in [6.07, 6.45) is 0.751. The summed E-state index contributed by atoms with van der Waals surface area (Å²) in [5.74, 6) is -0.184. The molecule has 1 amide bonds. The van der Waals surface area contributed by atoms with Gasteiger partial charge in [-0.25, -0.2) is 8.42 Å². The third-order valence-electron chi connectivity index (χ3n) is 4.33. The molecule has 0 saturated heterocycles.